The van der Waals surface area contributed by atoms with E-state index in [0.29, 0.717) is 12.0 Å². The number of aromatic nitrogens is 1. The topological polar surface area (TPSA) is 52.6 Å². The van der Waals surface area contributed by atoms with Crippen molar-refractivity contribution in [2.75, 3.05) is 20.1 Å². The number of rotatable bonds is 4. The molecule has 2 atom stereocenters. The smallest absolute Gasteiger partial charge is 0.191 e. The average Bonchev–Trinajstić information content (AvgIpc) is 3.14. The van der Waals surface area contributed by atoms with Crippen LogP contribution in [0.25, 0.3) is 0 Å². The molecule has 1 aromatic heterocycles. The molecular weight excluding hydrogens is 282 g/mol. The Balaban J connectivity index is 1.50. The van der Waals surface area contributed by atoms with Gasteiger partial charge in [-0.3, -0.25) is 9.89 Å². The summed E-state index contributed by atoms with van der Waals surface area (Å²) in [5.41, 5.74) is 1.09. The van der Waals surface area contributed by atoms with E-state index in [4.69, 9.17) is 0 Å². The normalized spacial score (nSPS) is 27.1. The third-order valence-electron chi connectivity index (χ3n) is 4.32. The lowest BCUT2D eigenvalue weighted by Crippen LogP contribution is -2.46. The summed E-state index contributed by atoms with van der Waals surface area (Å²) in [7, 11) is 1.83. The van der Waals surface area contributed by atoms with Crippen molar-refractivity contribution in [2.24, 2.45) is 10.9 Å². The van der Waals surface area contributed by atoms with Crippen LogP contribution in [-0.2, 0) is 6.54 Å². The predicted octanol–water partition coefficient (Wildman–Crippen LogP) is 1.60. The number of aryl methyl sites for hydroxylation is 1. The molecule has 5 nitrogen and oxygen atoms in total. The molecule has 2 heterocycles. The van der Waals surface area contributed by atoms with Gasteiger partial charge in [0.2, 0.25) is 0 Å². The van der Waals surface area contributed by atoms with Crippen molar-refractivity contribution in [1.29, 1.82) is 0 Å². The summed E-state index contributed by atoms with van der Waals surface area (Å²) in [6.45, 7) is 7.46. The fraction of sp³-hybridized carbons (Fsp3) is 0.733. The lowest BCUT2D eigenvalue weighted by atomic mass is 10.1. The van der Waals surface area contributed by atoms with Crippen LogP contribution in [0.15, 0.2) is 10.4 Å². The quantitative estimate of drug-likeness (QED) is 0.655. The molecule has 2 fully saturated rings. The molecule has 1 saturated carbocycles. The zero-order chi connectivity index (χ0) is 14.8. The van der Waals surface area contributed by atoms with E-state index in [0.717, 1.165) is 35.8 Å². The molecule has 2 aliphatic rings. The predicted molar refractivity (Wildman–Crippen MR) is 87.7 cm³/mol. The van der Waals surface area contributed by atoms with E-state index < -0.39 is 0 Å². The minimum Gasteiger partial charge on any atom is -0.352 e. The Kier molecular flexibility index (Phi) is 4.45. The molecule has 0 radical (unpaired) electrons. The van der Waals surface area contributed by atoms with Crippen LogP contribution in [-0.4, -0.2) is 48.1 Å². The molecule has 1 aliphatic heterocycles. The second kappa shape index (κ2) is 6.32. The molecule has 1 saturated heterocycles. The summed E-state index contributed by atoms with van der Waals surface area (Å²) >= 11 is 1.69. The van der Waals surface area contributed by atoms with E-state index in [2.05, 4.69) is 37.8 Å². The fourth-order valence-electron chi connectivity index (χ4n) is 2.94. The summed E-state index contributed by atoms with van der Waals surface area (Å²) in [5, 5.41) is 10.1. The minimum atomic E-state index is 0.495. The first kappa shape index (κ1) is 14.8. The molecule has 1 aliphatic carbocycles. The number of nitrogens with one attached hydrogen (secondary N) is 2. The molecule has 0 spiro atoms. The van der Waals surface area contributed by atoms with Crippen LogP contribution < -0.4 is 10.6 Å². The Bertz CT molecular complexity index is 508. The standard InChI is InChI=1S/C15H25N5S/c1-10-7-20(12-4-5-12)8-13(10)19-15(16-3)17-6-14-18-11(2)9-21-14/h9-10,12-13H,4-8H2,1-3H3,(H2,16,17,19). The maximum Gasteiger partial charge on any atom is 0.191 e. The van der Waals surface area contributed by atoms with Gasteiger partial charge in [0.25, 0.3) is 0 Å². The first-order valence-corrected chi connectivity index (χ1v) is 8.66. The largest absolute Gasteiger partial charge is 0.352 e. The Hall–Kier alpha value is -1.14. The van der Waals surface area contributed by atoms with Crippen molar-refractivity contribution < 1.29 is 0 Å². The highest BCUT2D eigenvalue weighted by molar-refractivity contribution is 7.09. The van der Waals surface area contributed by atoms with Gasteiger partial charge in [0, 0.05) is 43.3 Å². The second-order valence-corrected chi connectivity index (χ2v) is 7.16. The first-order chi connectivity index (χ1) is 10.2. The molecule has 6 heteroatoms. The molecule has 0 aromatic carbocycles. The van der Waals surface area contributed by atoms with Gasteiger partial charge in [-0.25, -0.2) is 4.98 Å². The van der Waals surface area contributed by atoms with Gasteiger partial charge in [0.1, 0.15) is 5.01 Å². The SMILES string of the molecule is CN=C(NCc1nc(C)cs1)NC1CN(C2CC2)CC1C. The highest BCUT2D eigenvalue weighted by atomic mass is 32.1. The molecule has 2 N–H and O–H groups in total. The zero-order valence-corrected chi connectivity index (χ0v) is 13.9. The maximum atomic E-state index is 4.47. The number of likely N-dealkylation sites (tertiary alicyclic amines) is 1. The van der Waals surface area contributed by atoms with Crippen molar-refractivity contribution in [3.05, 3.63) is 16.1 Å². The lowest BCUT2D eigenvalue weighted by Gasteiger charge is -2.20. The van der Waals surface area contributed by atoms with Crippen LogP contribution in [0.4, 0.5) is 0 Å². The Morgan fingerprint density at radius 3 is 2.90 bits per heavy atom. The van der Waals surface area contributed by atoms with Crippen molar-refractivity contribution >= 4 is 17.3 Å². The number of guanidine groups is 1. The number of aliphatic imine (C=N–C) groups is 1. The Labute approximate surface area is 130 Å². The number of hydrogen-bond donors (Lipinski definition) is 2. The molecule has 21 heavy (non-hydrogen) atoms. The molecule has 3 rings (SSSR count). The summed E-state index contributed by atoms with van der Waals surface area (Å²) in [6.07, 6.45) is 2.77. The van der Waals surface area contributed by atoms with E-state index in [1.54, 1.807) is 11.3 Å². The van der Waals surface area contributed by atoms with Gasteiger partial charge in [-0.1, -0.05) is 6.92 Å². The molecule has 116 valence electrons. The van der Waals surface area contributed by atoms with Crippen LogP contribution in [0.1, 0.15) is 30.5 Å². The third kappa shape index (κ3) is 3.74. The van der Waals surface area contributed by atoms with Gasteiger partial charge in [0.05, 0.1) is 6.54 Å². The van der Waals surface area contributed by atoms with E-state index in [1.807, 2.05) is 14.0 Å². The molecular formula is C15H25N5S. The Morgan fingerprint density at radius 2 is 2.29 bits per heavy atom. The van der Waals surface area contributed by atoms with Gasteiger partial charge in [-0.05, 0) is 25.7 Å². The number of nitrogens with zero attached hydrogens (tertiary/aromatic N) is 3. The minimum absolute atomic E-state index is 0.495. The van der Waals surface area contributed by atoms with Crippen molar-refractivity contribution in [3.63, 3.8) is 0 Å². The van der Waals surface area contributed by atoms with Gasteiger partial charge in [0.15, 0.2) is 5.96 Å². The van der Waals surface area contributed by atoms with Gasteiger partial charge in [-0.2, -0.15) is 0 Å². The lowest BCUT2D eigenvalue weighted by molar-refractivity contribution is 0.315. The van der Waals surface area contributed by atoms with Crippen LogP contribution in [0.3, 0.4) is 0 Å². The summed E-state index contributed by atoms with van der Waals surface area (Å²) < 4.78 is 0. The highest BCUT2D eigenvalue weighted by Gasteiger charge is 2.38. The molecule has 2 unspecified atom stereocenters. The van der Waals surface area contributed by atoms with E-state index >= 15 is 0 Å². The van der Waals surface area contributed by atoms with Crippen LogP contribution in [0.2, 0.25) is 0 Å². The van der Waals surface area contributed by atoms with E-state index in [9.17, 15) is 0 Å². The third-order valence-corrected chi connectivity index (χ3v) is 5.29. The first-order valence-electron chi connectivity index (χ1n) is 7.78. The van der Waals surface area contributed by atoms with Gasteiger partial charge in [-0.15, -0.1) is 11.3 Å². The monoisotopic (exact) mass is 307 g/mol. The summed E-state index contributed by atoms with van der Waals surface area (Å²) in [4.78, 5) is 11.4. The van der Waals surface area contributed by atoms with Gasteiger partial charge >= 0.3 is 0 Å². The zero-order valence-electron chi connectivity index (χ0n) is 13.1. The van der Waals surface area contributed by atoms with Crippen LogP contribution in [0, 0.1) is 12.8 Å². The number of thiazole rings is 1. The number of hydrogen-bond acceptors (Lipinski definition) is 4. The average molecular weight is 307 g/mol. The highest BCUT2D eigenvalue weighted by Crippen LogP contribution is 2.31. The Morgan fingerprint density at radius 1 is 1.48 bits per heavy atom. The summed E-state index contributed by atoms with van der Waals surface area (Å²) in [6, 6.07) is 1.35. The van der Waals surface area contributed by atoms with Crippen molar-refractivity contribution in [3.8, 4) is 0 Å². The van der Waals surface area contributed by atoms with Crippen molar-refractivity contribution in [2.45, 2.75) is 45.3 Å². The second-order valence-electron chi connectivity index (χ2n) is 6.22. The fourth-order valence-corrected chi connectivity index (χ4v) is 3.65. The molecule has 0 amide bonds. The van der Waals surface area contributed by atoms with Crippen LogP contribution in [0.5, 0.6) is 0 Å². The molecule has 0 bridgehead atoms. The maximum absolute atomic E-state index is 4.47. The van der Waals surface area contributed by atoms with Gasteiger partial charge < -0.3 is 10.6 Å². The van der Waals surface area contributed by atoms with Crippen molar-refractivity contribution in [1.82, 2.24) is 20.5 Å². The van der Waals surface area contributed by atoms with Crippen LogP contribution >= 0.6 is 11.3 Å². The summed E-state index contributed by atoms with van der Waals surface area (Å²) in [5.74, 6) is 1.56. The van der Waals surface area contributed by atoms with E-state index in [-0.39, 0.29) is 0 Å². The van der Waals surface area contributed by atoms with E-state index in [1.165, 1.54) is 19.4 Å². The molecule has 1 aromatic rings.